The summed E-state index contributed by atoms with van der Waals surface area (Å²) in [5.41, 5.74) is 2.06. The molecule has 23 heavy (non-hydrogen) atoms. The number of piperidine rings is 1. The number of nitrogens with zero attached hydrogens (tertiary/aromatic N) is 1. The van der Waals surface area contributed by atoms with Crippen LogP contribution in [0.4, 0.5) is 0 Å². The highest BCUT2D eigenvalue weighted by Crippen LogP contribution is 2.16. The van der Waals surface area contributed by atoms with Crippen LogP contribution in [0, 0.1) is 0 Å². The van der Waals surface area contributed by atoms with Gasteiger partial charge in [-0.15, -0.1) is 0 Å². The number of methoxy groups -OCH3 is 1. The summed E-state index contributed by atoms with van der Waals surface area (Å²) >= 11 is 0. The minimum atomic E-state index is -0.592. The lowest BCUT2D eigenvalue weighted by molar-refractivity contribution is 0.0285. The fourth-order valence-corrected chi connectivity index (χ4v) is 3.00. The lowest BCUT2D eigenvalue weighted by atomic mass is 10.1. The molecule has 4 heteroatoms. The van der Waals surface area contributed by atoms with Gasteiger partial charge in [0.2, 0.25) is 0 Å². The molecule has 1 aromatic rings. The molecular formula is C19H32N2O2. The summed E-state index contributed by atoms with van der Waals surface area (Å²) in [6.45, 7) is 8.59. The van der Waals surface area contributed by atoms with Crippen molar-refractivity contribution in [2.75, 3.05) is 26.7 Å². The Bertz CT molecular complexity index is 453. The fraction of sp³-hybridized carbons (Fsp3) is 0.684. The Morgan fingerprint density at radius 2 is 1.96 bits per heavy atom. The third-order valence-corrected chi connectivity index (χ3v) is 4.47. The first-order chi connectivity index (χ1) is 11.0. The van der Waals surface area contributed by atoms with Crippen molar-refractivity contribution in [3.63, 3.8) is 0 Å². The molecule has 2 N–H and O–H groups in total. The molecule has 130 valence electrons. The van der Waals surface area contributed by atoms with Gasteiger partial charge in [-0.25, -0.2) is 0 Å². The average molecular weight is 320 g/mol. The van der Waals surface area contributed by atoms with E-state index < -0.39 is 5.60 Å². The van der Waals surface area contributed by atoms with Crippen LogP contribution in [0.1, 0.15) is 44.2 Å². The second-order valence-electron chi connectivity index (χ2n) is 7.29. The Balaban J connectivity index is 1.74. The predicted molar refractivity (Wildman–Crippen MR) is 94.4 cm³/mol. The topological polar surface area (TPSA) is 44.7 Å². The largest absolute Gasteiger partial charge is 0.390 e. The maximum Gasteiger partial charge on any atom is 0.0698 e. The molecule has 4 nitrogen and oxygen atoms in total. The summed E-state index contributed by atoms with van der Waals surface area (Å²) in [6.07, 6.45) is 3.56. The van der Waals surface area contributed by atoms with Crippen molar-refractivity contribution in [3.8, 4) is 0 Å². The lowest BCUT2D eigenvalue weighted by Gasteiger charge is -2.31. The number of aliphatic hydroxyl groups is 1. The highest BCUT2D eigenvalue weighted by molar-refractivity contribution is 5.22. The molecule has 1 atom stereocenters. The van der Waals surface area contributed by atoms with Gasteiger partial charge < -0.3 is 15.2 Å². The van der Waals surface area contributed by atoms with Crippen LogP contribution in [0.2, 0.25) is 0 Å². The van der Waals surface area contributed by atoms with Crippen LogP contribution in [-0.4, -0.2) is 48.5 Å². The molecule has 0 aromatic heterocycles. The minimum Gasteiger partial charge on any atom is -0.390 e. The van der Waals surface area contributed by atoms with Crippen LogP contribution < -0.4 is 5.32 Å². The number of likely N-dealkylation sites (tertiary alicyclic amines) is 1. The van der Waals surface area contributed by atoms with Gasteiger partial charge in [-0.3, -0.25) is 4.90 Å². The number of nitrogens with one attached hydrogen (secondary N) is 1. The van der Waals surface area contributed by atoms with E-state index in [1.165, 1.54) is 30.5 Å². The van der Waals surface area contributed by atoms with Crippen LogP contribution in [0.25, 0.3) is 0 Å². The van der Waals surface area contributed by atoms with Crippen molar-refractivity contribution in [1.82, 2.24) is 10.2 Å². The monoisotopic (exact) mass is 320 g/mol. The Hall–Kier alpha value is -0.940. The van der Waals surface area contributed by atoms with E-state index in [0.717, 1.165) is 32.6 Å². The van der Waals surface area contributed by atoms with E-state index in [2.05, 4.69) is 34.5 Å². The van der Waals surface area contributed by atoms with Crippen LogP contribution in [0.3, 0.4) is 0 Å². The molecule has 0 saturated carbocycles. The molecular weight excluding hydrogens is 288 g/mol. The molecule has 1 heterocycles. The molecule has 1 saturated heterocycles. The Morgan fingerprint density at radius 1 is 1.26 bits per heavy atom. The van der Waals surface area contributed by atoms with Gasteiger partial charge in [0.05, 0.1) is 11.7 Å². The highest BCUT2D eigenvalue weighted by Gasteiger charge is 2.19. The van der Waals surface area contributed by atoms with Crippen LogP contribution >= 0.6 is 0 Å². The van der Waals surface area contributed by atoms with Crippen molar-refractivity contribution in [3.05, 3.63) is 35.4 Å². The summed E-state index contributed by atoms with van der Waals surface area (Å²) in [5.74, 6) is 0. The molecule has 1 aliphatic rings. The van der Waals surface area contributed by atoms with Gasteiger partial charge in [0.1, 0.15) is 0 Å². The van der Waals surface area contributed by atoms with Crippen molar-refractivity contribution >= 4 is 0 Å². The predicted octanol–water partition coefficient (Wildman–Crippen LogP) is 2.55. The third-order valence-electron chi connectivity index (χ3n) is 4.47. The molecule has 2 rings (SSSR count). The number of hydrogen-bond acceptors (Lipinski definition) is 4. The maximum absolute atomic E-state index is 9.69. The van der Waals surface area contributed by atoms with Gasteiger partial charge in [-0.1, -0.05) is 24.3 Å². The molecule has 0 aliphatic carbocycles. The molecule has 0 amide bonds. The van der Waals surface area contributed by atoms with E-state index in [-0.39, 0.29) is 0 Å². The normalized spacial score (nSPS) is 19.9. The van der Waals surface area contributed by atoms with E-state index in [4.69, 9.17) is 4.74 Å². The minimum absolute atomic E-state index is 0.392. The molecule has 1 aliphatic heterocycles. The first-order valence-electron chi connectivity index (χ1n) is 8.72. The van der Waals surface area contributed by atoms with Gasteiger partial charge in [-0.2, -0.15) is 0 Å². The summed E-state index contributed by atoms with van der Waals surface area (Å²) in [5, 5.41) is 13.1. The first kappa shape index (κ1) is 18.4. The zero-order chi connectivity index (χ0) is 16.7. The molecule has 1 aromatic carbocycles. The zero-order valence-electron chi connectivity index (χ0n) is 14.8. The van der Waals surface area contributed by atoms with E-state index in [0.29, 0.717) is 6.10 Å². The van der Waals surface area contributed by atoms with Gasteiger partial charge in [0.15, 0.2) is 0 Å². The Kier molecular flexibility index (Phi) is 7.03. The third kappa shape index (κ3) is 7.00. The second-order valence-corrected chi connectivity index (χ2v) is 7.29. The van der Waals surface area contributed by atoms with Crippen molar-refractivity contribution in [1.29, 1.82) is 0 Å². The fourth-order valence-electron chi connectivity index (χ4n) is 3.00. The van der Waals surface area contributed by atoms with Crippen molar-refractivity contribution < 1.29 is 9.84 Å². The molecule has 0 spiro atoms. The molecule has 1 fully saturated rings. The van der Waals surface area contributed by atoms with E-state index >= 15 is 0 Å². The Labute approximate surface area is 140 Å². The smallest absolute Gasteiger partial charge is 0.0698 e. The standard InChI is InChI=1S/C19H32N2O2/c1-19(2,22)10-11-20-13-16-6-8-17(9-7-16)14-21-12-4-5-18(15-21)23-3/h6-9,18,20,22H,4-5,10-15H2,1-3H3. The number of hydrogen-bond donors (Lipinski definition) is 2. The molecule has 1 unspecified atom stereocenters. The number of benzene rings is 1. The summed E-state index contributed by atoms with van der Waals surface area (Å²) in [4.78, 5) is 2.48. The van der Waals surface area contributed by atoms with Crippen LogP contribution in [0.5, 0.6) is 0 Å². The summed E-state index contributed by atoms with van der Waals surface area (Å²) in [6, 6.07) is 8.85. The molecule has 0 radical (unpaired) electrons. The first-order valence-corrected chi connectivity index (χ1v) is 8.72. The summed E-state index contributed by atoms with van der Waals surface area (Å²) in [7, 11) is 1.81. The number of rotatable bonds is 8. The van der Waals surface area contributed by atoms with E-state index in [9.17, 15) is 5.11 Å². The maximum atomic E-state index is 9.69. The molecule has 0 bridgehead atoms. The van der Waals surface area contributed by atoms with Crippen LogP contribution in [0.15, 0.2) is 24.3 Å². The quantitative estimate of drug-likeness (QED) is 0.723. The van der Waals surface area contributed by atoms with Gasteiger partial charge >= 0.3 is 0 Å². The zero-order valence-corrected chi connectivity index (χ0v) is 14.8. The van der Waals surface area contributed by atoms with Gasteiger partial charge in [0, 0.05) is 26.7 Å². The highest BCUT2D eigenvalue weighted by atomic mass is 16.5. The van der Waals surface area contributed by atoms with E-state index in [1.807, 2.05) is 21.0 Å². The number of ether oxygens (including phenoxy) is 1. The van der Waals surface area contributed by atoms with E-state index in [1.54, 1.807) is 0 Å². The van der Waals surface area contributed by atoms with Crippen molar-refractivity contribution in [2.45, 2.75) is 57.9 Å². The summed E-state index contributed by atoms with van der Waals surface area (Å²) < 4.78 is 5.49. The van der Waals surface area contributed by atoms with Gasteiger partial charge in [-0.05, 0) is 57.3 Å². The second kappa shape index (κ2) is 8.78. The van der Waals surface area contributed by atoms with Gasteiger partial charge in [0.25, 0.3) is 0 Å². The van der Waals surface area contributed by atoms with Crippen molar-refractivity contribution in [2.24, 2.45) is 0 Å². The Morgan fingerprint density at radius 3 is 2.61 bits per heavy atom. The SMILES string of the molecule is COC1CCCN(Cc2ccc(CNCCC(C)(C)O)cc2)C1. The van der Waals surface area contributed by atoms with Crippen LogP contribution in [-0.2, 0) is 17.8 Å². The lowest BCUT2D eigenvalue weighted by Crippen LogP contribution is -2.38. The average Bonchev–Trinajstić information content (AvgIpc) is 2.52.